The zero-order valence-corrected chi connectivity index (χ0v) is 10.6. The number of carboxylic acid groups (broad SMARTS) is 1. The van der Waals surface area contributed by atoms with E-state index in [4.69, 9.17) is 10.8 Å². The van der Waals surface area contributed by atoms with Crippen LogP contribution < -0.4 is 10.6 Å². The van der Waals surface area contributed by atoms with Crippen molar-refractivity contribution >= 4 is 17.6 Å². The van der Waals surface area contributed by atoms with Gasteiger partial charge < -0.3 is 15.7 Å². The maximum atomic E-state index is 12.3. The van der Waals surface area contributed by atoms with Crippen LogP contribution >= 0.6 is 0 Å². The van der Waals surface area contributed by atoms with Gasteiger partial charge in [0.05, 0.1) is 11.1 Å². The standard InChI is InChI=1S/C14H16N2O3/c15-14(5-6-14)13(19)16-7-1-2-9-8-10(12(17)18)3-4-11(9)16/h3-4,8H,1-2,5-7,15H2,(H,17,18). The van der Waals surface area contributed by atoms with Gasteiger partial charge in [-0.05, 0) is 49.4 Å². The summed E-state index contributed by atoms with van der Waals surface area (Å²) in [4.78, 5) is 25.0. The smallest absolute Gasteiger partial charge is 0.335 e. The molecule has 0 aromatic heterocycles. The second-order valence-corrected chi connectivity index (χ2v) is 5.37. The van der Waals surface area contributed by atoms with E-state index in [2.05, 4.69) is 0 Å². The number of nitrogens with zero attached hydrogens (tertiary/aromatic N) is 1. The minimum absolute atomic E-state index is 0.0310. The van der Waals surface area contributed by atoms with Crippen LogP contribution in [-0.2, 0) is 11.2 Å². The van der Waals surface area contributed by atoms with Gasteiger partial charge in [0.25, 0.3) is 0 Å². The fourth-order valence-corrected chi connectivity index (χ4v) is 2.56. The quantitative estimate of drug-likeness (QED) is 0.835. The Kier molecular flexibility index (Phi) is 2.60. The highest BCUT2D eigenvalue weighted by Gasteiger charge is 2.48. The van der Waals surface area contributed by atoms with Gasteiger partial charge in [0.2, 0.25) is 5.91 Å². The van der Waals surface area contributed by atoms with Gasteiger partial charge >= 0.3 is 5.97 Å². The molecular formula is C14H16N2O3. The van der Waals surface area contributed by atoms with E-state index in [1.54, 1.807) is 23.1 Å². The van der Waals surface area contributed by atoms with Crippen LogP contribution in [0.5, 0.6) is 0 Å². The topological polar surface area (TPSA) is 83.6 Å². The van der Waals surface area contributed by atoms with Crippen LogP contribution in [0.4, 0.5) is 5.69 Å². The summed E-state index contributed by atoms with van der Waals surface area (Å²) in [6.45, 7) is 0.664. The van der Waals surface area contributed by atoms with E-state index in [1.807, 2.05) is 0 Å². The van der Waals surface area contributed by atoms with E-state index < -0.39 is 11.5 Å². The number of fused-ring (bicyclic) bond motifs is 1. The van der Waals surface area contributed by atoms with Gasteiger partial charge in [0, 0.05) is 12.2 Å². The van der Waals surface area contributed by atoms with Gasteiger partial charge in [0.1, 0.15) is 0 Å². The third-order valence-corrected chi connectivity index (χ3v) is 3.90. The van der Waals surface area contributed by atoms with Crippen LogP contribution in [0.15, 0.2) is 18.2 Å². The third-order valence-electron chi connectivity index (χ3n) is 3.90. The molecule has 0 saturated heterocycles. The van der Waals surface area contributed by atoms with E-state index in [0.717, 1.165) is 36.9 Å². The number of hydrogen-bond acceptors (Lipinski definition) is 3. The van der Waals surface area contributed by atoms with Crippen LogP contribution in [0.25, 0.3) is 0 Å². The number of carbonyl (C=O) groups is 2. The number of carboxylic acids is 1. The van der Waals surface area contributed by atoms with Crippen molar-refractivity contribution in [3.8, 4) is 0 Å². The summed E-state index contributed by atoms with van der Waals surface area (Å²) in [5.74, 6) is -0.972. The van der Waals surface area contributed by atoms with Crippen LogP contribution in [0.2, 0.25) is 0 Å². The summed E-state index contributed by atoms with van der Waals surface area (Å²) in [7, 11) is 0. The molecule has 0 bridgehead atoms. The molecule has 3 N–H and O–H groups in total. The highest BCUT2D eigenvalue weighted by Crippen LogP contribution is 2.38. The van der Waals surface area contributed by atoms with Crippen molar-refractivity contribution in [1.29, 1.82) is 0 Å². The molecule has 1 aromatic rings. The summed E-state index contributed by atoms with van der Waals surface area (Å²) < 4.78 is 0. The molecule has 19 heavy (non-hydrogen) atoms. The number of aromatic carboxylic acids is 1. The second-order valence-electron chi connectivity index (χ2n) is 5.37. The maximum Gasteiger partial charge on any atom is 0.335 e. The second kappa shape index (κ2) is 4.06. The largest absolute Gasteiger partial charge is 0.478 e. The van der Waals surface area contributed by atoms with Crippen LogP contribution in [0.1, 0.15) is 35.2 Å². The molecule has 2 aliphatic rings. The van der Waals surface area contributed by atoms with Crippen molar-refractivity contribution < 1.29 is 14.7 Å². The lowest BCUT2D eigenvalue weighted by Crippen LogP contribution is -2.47. The highest BCUT2D eigenvalue weighted by molar-refractivity contribution is 6.03. The summed E-state index contributed by atoms with van der Waals surface area (Å²) in [5.41, 5.74) is 7.29. The molecule has 1 fully saturated rings. The van der Waals surface area contributed by atoms with Gasteiger partial charge in [-0.3, -0.25) is 4.79 Å². The Morgan fingerprint density at radius 1 is 1.32 bits per heavy atom. The molecule has 1 amide bonds. The fourth-order valence-electron chi connectivity index (χ4n) is 2.56. The molecule has 5 heteroatoms. The fraction of sp³-hybridized carbons (Fsp3) is 0.429. The van der Waals surface area contributed by atoms with Crippen molar-refractivity contribution in [3.05, 3.63) is 29.3 Å². The molecule has 5 nitrogen and oxygen atoms in total. The molecule has 1 heterocycles. The molecule has 1 saturated carbocycles. The molecule has 0 radical (unpaired) electrons. The summed E-state index contributed by atoms with van der Waals surface area (Å²) >= 11 is 0. The Bertz CT molecular complexity index is 564. The molecule has 0 atom stereocenters. The van der Waals surface area contributed by atoms with Crippen molar-refractivity contribution in [3.63, 3.8) is 0 Å². The Balaban J connectivity index is 1.96. The van der Waals surface area contributed by atoms with Gasteiger partial charge in [-0.2, -0.15) is 0 Å². The third kappa shape index (κ3) is 2.00. The molecule has 1 aliphatic heterocycles. The minimum Gasteiger partial charge on any atom is -0.478 e. The molecule has 100 valence electrons. The predicted octanol–water partition coefficient (Wildman–Crippen LogP) is 1.16. The van der Waals surface area contributed by atoms with E-state index in [1.165, 1.54) is 0 Å². The minimum atomic E-state index is -0.941. The summed E-state index contributed by atoms with van der Waals surface area (Å²) in [5, 5.41) is 9.00. The van der Waals surface area contributed by atoms with Crippen molar-refractivity contribution in [1.82, 2.24) is 0 Å². The SMILES string of the molecule is NC1(C(=O)N2CCCc3cc(C(=O)O)ccc32)CC1. The average molecular weight is 260 g/mol. The summed E-state index contributed by atoms with van der Waals surface area (Å²) in [6.07, 6.45) is 3.13. The normalized spacial score (nSPS) is 19.7. The number of carbonyl (C=O) groups excluding carboxylic acids is 1. The van der Waals surface area contributed by atoms with E-state index in [0.29, 0.717) is 6.54 Å². The lowest BCUT2D eigenvalue weighted by molar-refractivity contribution is -0.120. The van der Waals surface area contributed by atoms with Gasteiger partial charge in [-0.25, -0.2) is 4.79 Å². The molecule has 1 aromatic carbocycles. The Hall–Kier alpha value is -1.88. The first-order valence-corrected chi connectivity index (χ1v) is 6.48. The number of benzene rings is 1. The van der Waals surface area contributed by atoms with Crippen molar-refractivity contribution in [2.24, 2.45) is 5.73 Å². The first kappa shape index (κ1) is 12.2. The van der Waals surface area contributed by atoms with E-state index in [-0.39, 0.29) is 11.5 Å². The molecule has 0 unspecified atom stereocenters. The maximum absolute atomic E-state index is 12.3. The monoisotopic (exact) mass is 260 g/mol. The Labute approximate surface area is 111 Å². The number of nitrogens with two attached hydrogens (primary N) is 1. The van der Waals surface area contributed by atoms with Gasteiger partial charge in [-0.1, -0.05) is 0 Å². The lowest BCUT2D eigenvalue weighted by atomic mass is 9.98. The van der Waals surface area contributed by atoms with Gasteiger partial charge in [-0.15, -0.1) is 0 Å². The first-order valence-electron chi connectivity index (χ1n) is 6.48. The van der Waals surface area contributed by atoms with E-state index >= 15 is 0 Å². The lowest BCUT2D eigenvalue weighted by Gasteiger charge is -2.31. The molecule has 1 aliphatic carbocycles. The van der Waals surface area contributed by atoms with Crippen LogP contribution in [0.3, 0.4) is 0 Å². The molecule has 3 rings (SSSR count). The average Bonchev–Trinajstić information content (AvgIpc) is 3.15. The number of rotatable bonds is 2. The zero-order valence-electron chi connectivity index (χ0n) is 10.6. The van der Waals surface area contributed by atoms with Crippen LogP contribution in [-0.4, -0.2) is 29.1 Å². The Morgan fingerprint density at radius 3 is 2.68 bits per heavy atom. The zero-order chi connectivity index (χ0) is 13.6. The number of anilines is 1. The Morgan fingerprint density at radius 2 is 2.05 bits per heavy atom. The number of hydrogen-bond donors (Lipinski definition) is 2. The molecular weight excluding hydrogens is 244 g/mol. The predicted molar refractivity (Wildman–Crippen MR) is 70.2 cm³/mol. The molecule has 0 spiro atoms. The first-order chi connectivity index (χ1) is 9.01. The van der Waals surface area contributed by atoms with Crippen LogP contribution in [0, 0.1) is 0 Å². The highest BCUT2D eigenvalue weighted by atomic mass is 16.4. The van der Waals surface area contributed by atoms with Crippen molar-refractivity contribution in [2.75, 3.05) is 11.4 Å². The van der Waals surface area contributed by atoms with Gasteiger partial charge in [0.15, 0.2) is 0 Å². The van der Waals surface area contributed by atoms with E-state index in [9.17, 15) is 9.59 Å². The summed E-state index contributed by atoms with van der Waals surface area (Å²) in [6, 6.07) is 4.93. The van der Waals surface area contributed by atoms with Crippen molar-refractivity contribution in [2.45, 2.75) is 31.2 Å². The number of aryl methyl sites for hydroxylation is 1. The number of amides is 1.